The zero-order valence-electron chi connectivity index (χ0n) is 17.2. The van der Waals surface area contributed by atoms with Gasteiger partial charge in [-0.1, -0.05) is 48.5 Å². The Morgan fingerprint density at radius 3 is 2.16 bits per heavy atom. The Labute approximate surface area is 183 Å². The minimum Gasteiger partial charge on any atom is -0.481 e. The Morgan fingerprint density at radius 1 is 1.00 bits per heavy atom. The van der Waals surface area contributed by atoms with Crippen LogP contribution in [0.4, 0.5) is 13.6 Å². The van der Waals surface area contributed by atoms with E-state index < -0.39 is 36.9 Å². The molecule has 2 amide bonds. The SMILES string of the molecule is O=C(O)CCCNC(=O)CC(NC(=O)OCC1c2ccccc2-c2ccccc21)C(F)F. The number of hydrogen-bond donors (Lipinski definition) is 3. The zero-order chi connectivity index (χ0) is 23.1. The highest BCUT2D eigenvalue weighted by molar-refractivity contribution is 5.79. The first-order valence-electron chi connectivity index (χ1n) is 10.2. The molecule has 0 saturated heterocycles. The van der Waals surface area contributed by atoms with Gasteiger partial charge in [0.2, 0.25) is 5.91 Å². The van der Waals surface area contributed by atoms with Gasteiger partial charge in [0.05, 0.1) is 6.42 Å². The Kier molecular flexibility index (Phi) is 7.75. The lowest BCUT2D eigenvalue weighted by molar-refractivity contribution is -0.137. The number of carboxylic acid groups (broad SMARTS) is 1. The second-order valence-corrected chi connectivity index (χ2v) is 7.46. The van der Waals surface area contributed by atoms with Crippen molar-refractivity contribution in [1.29, 1.82) is 0 Å². The Bertz CT molecular complexity index is 937. The number of benzene rings is 2. The van der Waals surface area contributed by atoms with Crippen molar-refractivity contribution in [3.05, 3.63) is 59.7 Å². The average Bonchev–Trinajstić information content (AvgIpc) is 3.08. The first-order valence-corrected chi connectivity index (χ1v) is 10.2. The van der Waals surface area contributed by atoms with Gasteiger partial charge >= 0.3 is 12.1 Å². The van der Waals surface area contributed by atoms with Gasteiger partial charge in [0.1, 0.15) is 12.6 Å². The average molecular weight is 446 g/mol. The first-order chi connectivity index (χ1) is 15.4. The van der Waals surface area contributed by atoms with E-state index >= 15 is 0 Å². The predicted molar refractivity (Wildman–Crippen MR) is 112 cm³/mol. The van der Waals surface area contributed by atoms with Gasteiger partial charge in [0.15, 0.2) is 0 Å². The summed E-state index contributed by atoms with van der Waals surface area (Å²) in [7, 11) is 0. The summed E-state index contributed by atoms with van der Waals surface area (Å²) in [6, 6.07) is 13.8. The van der Waals surface area contributed by atoms with Gasteiger partial charge < -0.3 is 20.5 Å². The highest BCUT2D eigenvalue weighted by atomic mass is 19.3. The number of carboxylic acids is 1. The van der Waals surface area contributed by atoms with Crippen LogP contribution in [0, 0.1) is 0 Å². The highest BCUT2D eigenvalue weighted by Gasteiger charge is 2.30. The summed E-state index contributed by atoms with van der Waals surface area (Å²) in [4.78, 5) is 34.5. The van der Waals surface area contributed by atoms with Crippen LogP contribution < -0.4 is 10.6 Å². The molecule has 0 spiro atoms. The predicted octanol–water partition coefficient (Wildman–Crippen LogP) is 3.53. The summed E-state index contributed by atoms with van der Waals surface area (Å²) in [5.41, 5.74) is 4.07. The van der Waals surface area contributed by atoms with Crippen LogP contribution in [0.1, 0.15) is 36.3 Å². The van der Waals surface area contributed by atoms with E-state index in [-0.39, 0.29) is 31.9 Å². The zero-order valence-corrected chi connectivity index (χ0v) is 17.2. The lowest BCUT2D eigenvalue weighted by atomic mass is 9.98. The number of amides is 2. The molecule has 3 rings (SSSR count). The van der Waals surface area contributed by atoms with E-state index in [9.17, 15) is 23.2 Å². The van der Waals surface area contributed by atoms with Gasteiger partial charge in [0.25, 0.3) is 6.43 Å². The third-order valence-corrected chi connectivity index (χ3v) is 5.25. The fourth-order valence-electron chi connectivity index (χ4n) is 3.73. The van der Waals surface area contributed by atoms with Crippen LogP contribution in [0.3, 0.4) is 0 Å². The van der Waals surface area contributed by atoms with Gasteiger partial charge in [0, 0.05) is 18.9 Å². The van der Waals surface area contributed by atoms with Crippen LogP contribution in [-0.2, 0) is 14.3 Å². The molecule has 0 aliphatic heterocycles. The van der Waals surface area contributed by atoms with Crippen LogP contribution in [0.2, 0.25) is 0 Å². The van der Waals surface area contributed by atoms with E-state index in [1.165, 1.54) is 0 Å². The van der Waals surface area contributed by atoms with E-state index in [4.69, 9.17) is 9.84 Å². The van der Waals surface area contributed by atoms with Crippen molar-refractivity contribution in [2.75, 3.05) is 13.2 Å². The van der Waals surface area contributed by atoms with Crippen LogP contribution in [0.5, 0.6) is 0 Å². The molecule has 0 saturated carbocycles. The van der Waals surface area contributed by atoms with Crippen molar-refractivity contribution in [3.63, 3.8) is 0 Å². The van der Waals surface area contributed by atoms with E-state index in [0.29, 0.717) is 0 Å². The monoisotopic (exact) mass is 446 g/mol. The van der Waals surface area contributed by atoms with E-state index in [0.717, 1.165) is 22.3 Å². The molecule has 7 nitrogen and oxygen atoms in total. The molecule has 3 N–H and O–H groups in total. The van der Waals surface area contributed by atoms with Gasteiger partial charge in [-0.2, -0.15) is 0 Å². The normalized spacial score (nSPS) is 13.2. The molecule has 170 valence electrons. The van der Waals surface area contributed by atoms with Gasteiger partial charge in [-0.05, 0) is 28.7 Å². The molecule has 1 aliphatic carbocycles. The Hall–Kier alpha value is -3.49. The van der Waals surface area contributed by atoms with Crippen molar-refractivity contribution < 1.29 is 33.0 Å². The molecule has 2 aromatic rings. The summed E-state index contributed by atoms with van der Waals surface area (Å²) >= 11 is 0. The second-order valence-electron chi connectivity index (χ2n) is 7.46. The molecule has 2 aromatic carbocycles. The number of nitrogens with one attached hydrogen (secondary N) is 2. The maximum absolute atomic E-state index is 13.3. The van der Waals surface area contributed by atoms with Crippen LogP contribution in [-0.4, -0.2) is 48.7 Å². The minimum absolute atomic E-state index is 0.0306. The van der Waals surface area contributed by atoms with Crippen molar-refractivity contribution >= 4 is 18.0 Å². The topological polar surface area (TPSA) is 105 Å². The molecular formula is C23H24F2N2O5. The second kappa shape index (κ2) is 10.7. The number of halogens is 2. The molecule has 1 unspecified atom stereocenters. The maximum Gasteiger partial charge on any atom is 0.407 e. The number of rotatable bonds is 10. The van der Waals surface area contributed by atoms with Crippen molar-refractivity contribution in [2.24, 2.45) is 0 Å². The van der Waals surface area contributed by atoms with Crippen molar-refractivity contribution in [1.82, 2.24) is 10.6 Å². The molecule has 1 atom stereocenters. The number of carbonyl (C=O) groups excluding carboxylic acids is 2. The van der Waals surface area contributed by atoms with Crippen molar-refractivity contribution in [2.45, 2.75) is 37.6 Å². The summed E-state index contributed by atoms with van der Waals surface area (Å²) in [6.07, 6.45) is -4.61. The molecule has 0 bridgehead atoms. The fraction of sp³-hybridized carbons (Fsp3) is 0.348. The molecular weight excluding hydrogens is 422 g/mol. The molecule has 1 aliphatic rings. The number of alkyl halides is 2. The number of fused-ring (bicyclic) bond motifs is 3. The summed E-state index contributed by atoms with van der Waals surface area (Å²) in [5, 5.41) is 13.0. The quantitative estimate of drug-likeness (QED) is 0.485. The third-order valence-electron chi connectivity index (χ3n) is 5.25. The number of carbonyl (C=O) groups is 3. The number of alkyl carbamates (subject to hydrolysis) is 1. The van der Waals surface area contributed by atoms with Gasteiger partial charge in [-0.3, -0.25) is 9.59 Å². The van der Waals surface area contributed by atoms with Crippen molar-refractivity contribution in [3.8, 4) is 11.1 Å². The summed E-state index contributed by atoms with van der Waals surface area (Å²) < 4.78 is 31.9. The molecule has 0 radical (unpaired) electrons. The van der Waals surface area contributed by atoms with Gasteiger partial charge in [-0.25, -0.2) is 13.6 Å². The smallest absolute Gasteiger partial charge is 0.407 e. The third kappa shape index (κ3) is 5.81. The molecule has 0 heterocycles. The molecule has 0 fully saturated rings. The number of hydrogen-bond acceptors (Lipinski definition) is 4. The fourth-order valence-corrected chi connectivity index (χ4v) is 3.73. The Morgan fingerprint density at radius 2 is 1.59 bits per heavy atom. The van der Waals surface area contributed by atoms with E-state index in [2.05, 4.69) is 10.6 Å². The van der Waals surface area contributed by atoms with E-state index in [1.807, 2.05) is 48.5 Å². The largest absolute Gasteiger partial charge is 0.481 e. The minimum atomic E-state index is -2.97. The summed E-state index contributed by atoms with van der Waals surface area (Å²) in [5.74, 6) is -1.93. The summed E-state index contributed by atoms with van der Waals surface area (Å²) in [6.45, 7) is 0.0171. The first kappa shape index (κ1) is 23.2. The molecule has 0 aromatic heterocycles. The van der Waals surface area contributed by atoms with Crippen LogP contribution >= 0.6 is 0 Å². The van der Waals surface area contributed by atoms with Crippen LogP contribution in [0.25, 0.3) is 11.1 Å². The van der Waals surface area contributed by atoms with Gasteiger partial charge in [-0.15, -0.1) is 0 Å². The number of ether oxygens (including phenoxy) is 1. The molecule has 32 heavy (non-hydrogen) atoms. The Balaban J connectivity index is 1.54. The lowest BCUT2D eigenvalue weighted by Crippen LogP contribution is -2.44. The standard InChI is InChI=1S/C23H24F2N2O5/c24-22(25)19(12-20(28)26-11-5-10-21(29)30)27-23(31)32-13-18-16-8-3-1-6-14(16)15-7-2-4-9-17(15)18/h1-4,6-9,18-19,22H,5,10-13H2,(H,26,28)(H,27,31)(H,29,30). The maximum atomic E-state index is 13.3. The lowest BCUT2D eigenvalue weighted by Gasteiger charge is -2.19. The van der Waals surface area contributed by atoms with Crippen LogP contribution in [0.15, 0.2) is 48.5 Å². The highest BCUT2D eigenvalue weighted by Crippen LogP contribution is 2.44. The van der Waals surface area contributed by atoms with E-state index in [1.54, 1.807) is 0 Å². The molecule has 9 heteroatoms. The number of aliphatic carboxylic acids is 1.